The molecule has 1 aliphatic rings. The monoisotopic (exact) mass is 598 g/mol. The van der Waals surface area contributed by atoms with Crippen LogP contribution in [0.3, 0.4) is 0 Å². The van der Waals surface area contributed by atoms with Crippen molar-refractivity contribution in [1.82, 2.24) is 14.6 Å². The average molecular weight is 598 g/mol. The Bertz CT molecular complexity index is 1440. The predicted molar refractivity (Wildman–Crippen MR) is 136 cm³/mol. The lowest BCUT2D eigenvalue weighted by Gasteiger charge is -2.30. The van der Waals surface area contributed by atoms with Crippen molar-refractivity contribution in [3.05, 3.63) is 73.9 Å². The molecule has 1 unspecified atom stereocenters. The molecule has 0 amide bonds. The van der Waals surface area contributed by atoms with E-state index in [2.05, 4.69) is 15.1 Å². The van der Waals surface area contributed by atoms with Gasteiger partial charge in [0.15, 0.2) is 6.23 Å². The van der Waals surface area contributed by atoms with Gasteiger partial charge in [-0.1, -0.05) is 23.3 Å². The maximum Gasteiger partial charge on any atom is 0.459 e. The summed E-state index contributed by atoms with van der Waals surface area (Å²) in [5.41, 5.74) is 4.90. The number of hydrogen-bond acceptors (Lipinski definition) is 12. The average Bonchev–Trinajstić information content (AvgIpc) is 3.16. The highest BCUT2D eigenvalue weighted by Gasteiger charge is 2.56. The van der Waals surface area contributed by atoms with Crippen molar-refractivity contribution < 1.29 is 48.0 Å². The number of carbonyl (C=O) groups excluding carboxylic acids is 1. The minimum atomic E-state index is -4.72. The van der Waals surface area contributed by atoms with Crippen LogP contribution in [0.2, 0.25) is 0 Å². The number of nitrogens with one attached hydrogen (secondary N) is 2. The minimum absolute atomic E-state index is 0.0207. The molecule has 0 spiro atoms. The number of aliphatic hydroxyl groups excluding tert-OH is 2. The van der Waals surface area contributed by atoms with E-state index < -0.39 is 80.6 Å². The fraction of sp³-hybridized carbons (Fsp3) is 0.455. The zero-order chi connectivity index (χ0) is 30.2. The summed E-state index contributed by atoms with van der Waals surface area (Å²) >= 11 is 0. The Balaban J connectivity index is 1.95. The SMILES string of the molecule is CCOC(=O)[C@H](CCC(=O)O)NP(=O)(OC[C@@]1(N=[N+]=[N-])O[C@@H](n2ccc(=O)[nH]c2=O)[C@@H](O)[C@H]1O)Oc1ccccc1. The summed E-state index contributed by atoms with van der Waals surface area (Å²) in [6, 6.07) is 6.89. The molecule has 2 heterocycles. The lowest BCUT2D eigenvalue weighted by molar-refractivity contribution is -0.146. The Morgan fingerprint density at radius 3 is 2.61 bits per heavy atom. The van der Waals surface area contributed by atoms with Gasteiger partial charge in [0.25, 0.3) is 5.56 Å². The highest BCUT2D eigenvalue weighted by Crippen LogP contribution is 2.48. The third-order valence-corrected chi connectivity index (χ3v) is 7.23. The number of aliphatic carboxylic acids is 1. The molecular formula is C22H27N6O12P. The van der Waals surface area contributed by atoms with Crippen molar-refractivity contribution in [2.45, 2.75) is 50.0 Å². The van der Waals surface area contributed by atoms with Crippen molar-refractivity contribution in [2.75, 3.05) is 13.2 Å². The minimum Gasteiger partial charge on any atom is -0.481 e. The van der Waals surface area contributed by atoms with Gasteiger partial charge in [-0.15, -0.1) is 0 Å². The van der Waals surface area contributed by atoms with Gasteiger partial charge in [-0.3, -0.25) is 28.5 Å². The predicted octanol–water partition coefficient (Wildman–Crippen LogP) is 0.384. The van der Waals surface area contributed by atoms with E-state index in [0.29, 0.717) is 4.57 Å². The molecule has 6 atom stereocenters. The standard InChI is InChI=1S/C22H27N6O12P/c1-2-37-20(34)14(8-9-16(30)31)25-41(36,40-13-6-4-3-5-7-13)38-12-22(26-27-23)18(33)17(32)19(39-22)28-11-10-15(29)24-21(28)35/h3-7,10-11,14,17-19,32-33H,2,8-9,12H2,1H3,(H,25,36)(H,30,31)(H,24,29,35)/t14-,17-,18+,19+,22+,41?/m0/s1. The number of aromatic nitrogens is 2. The largest absolute Gasteiger partial charge is 0.481 e. The van der Waals surface area contributed by atoms with Crippen molar-refractivity contribution in [2.24, 2.45) is 5.11 Å². The number of carbonyl (C=O) groups is 2. The number of esters is 1. The first-order valence-electron chi connectivity index (χ1n) is 12.0. The zero-order valence-electron chi connectivity index (χ0n) is 21.4. The second-order valence-electron chi connectivity index (χ2n) is 8.54. The Morgan fingerprint density at radius 1 is 1.29 bits per heavy atom. The van der Waals surface area contributed by atoms with Crippen LogP contribution in [0.5, 0.6) is 5.75 Å². The first-order chi connectivity index (χ1) is 19.4. The van der Waals surface area contributed by atoms with Crippen LogP contribution in [0.15, 0.2) is 57.3 Å². The molecule has 0 aliphatic carbocycles. The summed E-state index contributed by atoms with van der Waals surface area (Å²) in [6.07, 6.45) is -5.65. The van der Waals surface area contributed by atoms with Gasteiger partial charge in [-0.2, -0.15) is 5.09 Å². The molecule has 3 rings (SSSR count). The van der Waals surface area contributed by atoms with Gasteiger partial charge in [-0.05, 0) is 31.0 Å². The highest BCUT2D eigenvalue weighted by atomic mass is 31.2. The van der Waals surface area contributed by atoms with E-state index in [0.717, 1.165) is 12.3 Å². The van der Waals surface area contributed by atoms with E-state index in [-0.39, 0.29) is 12.4 Å². The first-order valence-corrected chi connectivity index (χ1v) is 13.5. The summed E-state index contributed by atoms with van der Waals surface area (Å²) in [7, 11) is -4.72. The van der Waals surface area contributed by atoms with Gasteiger partial charge in [0.1, 0.15) is 24.0 Å². The number of aliphatic hydroxyl groups is 2. The molecule has 1 aromatic carbocycles. The van der Waals surface area contributed by atoms with Gasteiger partial charge in [0.2, 0.25) is 5.72 Å². The number of H-pyrrole nitrogens is 1. The van der Waals surface area contributed by atoms with E-state index in [1.807, 2.05) is 4.98 Å². The maximum atomic E-state index is 13.9. The summed E-state index contributed by atoms with van der Waals surface area (Å²) < 4.78 is 36.1. The van der Waals surface area contributed by atoms with Crippen molar-refractivity contribution in [3.63, 3.8) is 0 Å². The number of azide groups is 1. The van der Waals surface area contributed by atoms with Crippen LogP contribution >= 0.6 is 7.75 Å². The van der Waals surface area contributed by atoms with E-state index in [1.54, 1.807) is 6.07 Å². The molecule has 1 aromatic heterocycles. The molecule has 1 aliphatic heterocycles. The number of aromatic amines is 1. The van der Waals surface area contributed by atoms with Crippen LogP contribution < -0.4 is 20.9 Å². The molecule has 222 valence electrons. The number of carboxylic acids is 1. The molecule has 0 radical (unpaired) electrons. The summed E-state index contributed by atoms with van der Waals surface area (Å²) in [5, 5.41) is 36.2. The van der Waals surface area contributed by atoms with E-state index in [4.69, 9.17) is 23.6 Å². The molecule has 0 saturated carbocycles. The van der Waals surface area contributed by atoms with Gasteiger partial charge >= 0.3 is 25.4 Å². The topological polar surface area (TPSA) is 264 Å². The summed E-state index contributed by atoms with van der Waals surface area (Å²) in [4.78, 5) is 51.9. The molecule has 19 heteroatoms. The van der Waals surface area contributed by atoms with Crippen LogP contribution in [0, 0.1) is 0 Å². The molecule has 41 heavy (non-hydrogen) atoms. The number of nitrogens with zero attached hydrogens (tertiary/aromatic N) is 4. The van der Waals surface area contributed by atoms with Crippen molar-refractivity contribution >= 4 is 19.7 Å². The van der Waals surface area contributed by atoms with Crippen molar-refractivity contribution in [1.29, 1.82) is 0 Å². The molecular weight excluding hydrogens is 571 g/mol. The van der Waals surface area contributed by atoms with Gasteiger partial charge in [0, 0.05) is 23.6 Å². The molecule has 2 aromatic rings. The molecule has 1 saturated heterocycles. The van der Waals surface area contributed by atoms with Gasteiger partial charge in [-0.25, -0.2) is 9.36 Å². The van der Waals surface area contributed by atoms with Crippen LogP contribution in [0.25, 0.3) is 10.4 Å². The van der Waals surface area contributed by atoms with Crippen LogP contribution in [0.4, 0.5) is 0 Å². The lowest BCUT2D eigenvalue weighted by Crippen LogP contribution is -2.46. The van der Waals surface area contributed by atoms with Crippen molar-refractivity contribution in [3.8, 4) is 5.75 Å². The molecule has 5 N–H and O–H groups in total. The first kappa shape index (κ1) is 31.5. The second kappa shape index (κ2) is 13.6. The van der Waals surface area contributed by atoms with Crippen LogP contribution in [-0.4, -0.2) is 74.0 Å². The number of para-hydroxylation sites is 1. The summed E-state index contributed by atoms with van der Waals surface area (Å²) in [6.45, 7) is 0.342. The van der Waals surface area contributed by atoms with E-state index in [9.17, 15) is 39.5 Å². The Labute approximate surface area is 230 Å². The van der Waals surface area contributed by atoms with Gasteiger partial charge in [0.05, 0.1) is 13.2 Å². The summed E-state index contributed by atoms with van der Waals surface area (Å²) in [5.74, 6) is -2.25. The maximum absolute atomic E-state index is 13.9. The third kappa shape index (κ3) is 7.80. The second-order valence-corrected chi connectivity index (χ2v) is 10.2. The number of carboxylic acid groups (broad SMARTS) is 1. The van der Waals surface area contributed by atoms with Crippen LogP contribution in [-0.2, 0) is 28.2 Å². The smallest absolute Gasteiger partial charge is 0.459 e. The normalized spacial score (nSPS) is 24.0. The molecule has 1 fully saturated rings. The molecule has 18 nitrogen and oxygen atoms in total. The number of rotatable bonds is 14. The Kier molecular flexibility index (Phi) is 10.4. The van der Waals surface area contributed by atoms with E-state index >= 15 is 0 Å². The number of hydrogen-bond donors (Lipinski definition) is 5. The quantitative estimate of drug-likeness (QED) is 0.0648. The van der Waals surface area contributed by atoms with E-state index in [1.165, 1.54) is 31.2 Å². The number of ether oxygens (including phenoxy) is 2. The van der Waals surface area contributed by atoms with Crippen LogP contribution in [0.1, 0.15) is 26.0 Å². The third-order valence-electron chi connectivity index (χ3n) is 5.68. The molecule has 0 bridgehead atoms. The highest BCUT2D eigenvalue weighted by molar-refractivity contribution is 7.52. The number of benzene rings is 1. The fourth-order valence-electron chi connectivity index (χ4n) is 3.75. The fourth-order valence-corrected chi connectivity index (χ4v) is 5.30. The lowest BCUT2D eigenvalue weighted by atomic mass is 10.1. The van der Waals surface area contributed by atoms with Gasteiger partial charge < -0.3 is 29.3 Å². The zero-order valence-corrected chi connectivity index (χ0v) is 22.3. The Hall–Kier alpha value is -4.02. The Morgan fingerprint density at radius 2 is 2.00 bits per heavy atom.